The van der Waals surface area contributed by atoms with Crippen LogP contribution in [0.25, 0.3) is 0 Å². The van der Waals surface area contributed by atoms with Crippen LogP contribution >= 0.6 is 0 Å². The van der Waals surface area contributed by atoms with Gasteiger partial charge in [-0.1, -0.05) is 63.6 Å². The minimum atomic E-state index is -4.55. The van der Waals surface area contributed by atoms with Crippen molar-refractivity contribution in [2.24, 2.45) is 0 Å². The van der Waals surface area contributed by atoms with E-state index in [1.807, 2.05) is 38.7 Å². The Morgan fingerprint density at radius 1 is 0.880 bits per heavy atom. The Hall–Kier alpha value is -3.60. The van der Waals surface area contributed by atoms with E-state index in [0.29, 0.717) is 53.8 Å². The fraction of sp³-hybridized carbons (Fsp3) is 0.400. The highest BCUT2D eigenvalue weighted by molar-refractivity contribution is 7.86. The summed E-state index contributed by atoms with van der Waals surface area (Å²) in [4.78, 5) is 12.4. The molecule has 1 unspecified atom stereocenters. The number of fused-ring (bicyclic) bond motifs is 1. The summed E-state index contributed by atoms with van der Waals surface area (Å²) in [6.07, 6.45) is 11.0. The predicted octanol–water partition coefficient (Wildman–Crippen LogP) is 6.41. The van der Waals surface area contributed by atoms with Crippen molar-refractivity contribution in [2.45, 2.75) is 86.8 Å². The molecule has 0 radical (unpaired) electrons. The predicted molar refractivity (Wildman–Crippen MR) is 192 cm³/mol. The first kappa shape index (κ1) is 40.8. The molecule has 0 spiro atoms. The van der Waals surface area contributed by atoms with Gasteiger partial charge in [-0.25, -0.2) is 0 Å². The Kier molecular flexibility index (Phi) is 12.9. The van der Waals surface area contributed by atoms with Gasteiger partial charge in [0.1, 0.15) is 0 Å². The number of rotatable bonds is 17. The highest BCUT2D eigenvalue weighted by Crippen LogP contribution is 2.51. The number of carbonyl (C=O) groups is 1. The van der Waals surface area contributed by atoms with Crippen molar-refractivity contribution in [1.82, 2.24) is 0 Å². The molecule has 0 aromatic heterocycles. The maximum atomic E-state index is 12.1. The normalized spacial score (nSPS) is 18.0. The van der Waals surface area contributed by atoms with Crippen LogP contribution in [0, 0.1) is 6.92 Å². The van der Waals surface area contributed by atoms with E-state index in [-0.39, 0.29) is 29.2 Å². The highest BCUT2D eigenvalue weighted by Gasteiger charge is 2.43. The van der Waals surface area contributed by atoms with Gasteiger partial charge in [-0.05, 0) is 91.8 Å². The molecule has 4 N–H and O–H groups in total. The van der Waals surface area contributed by atoms with Crippen molar-refractivity contribution in [2.75, 3.05) is 17.2 Å². The number of carboxylic acid groups (broad SMARTS) is 1. The SMILES string of the molecule is C=C(/C=C/C=C/C=C1/N(CCCS(=O)(=O)O)c2ccc(S(=O)(=O)O)cc2C1(C)CCCCCC(=O)O)C(C)(C)c1cc(S(=O)(=O)O)ccc1C. The zero-order chi connectivity index (χ0) is 37.7. The van der Waals surface area contributed by atoms with Gasteiger partial charge in [-0.2, -0.15) is 25.3 Å². The fourth-order valence-electron chi connectivity index (χ4n) is 6.23. The molecule has 0 bridgehead atoms. The number of unbranched alkanes of at least 4 members (excludes halogenated alkanes) is 2. The summed E-state index contributed by atoms with van der Waals surface area (Å²) in [5.74, 6) is -1.40. The van der Waals surface area contributed by atoms with Crippen molar-refractivity contribution in [3.05, 3.63) is 101 Å². The van der Waals surface area contributed by atoms with Crippen LogP contribution in [0.2, 0.25) is 0 Å². The maximum Gasteiger partial charge on any atom is 0.303 e. The van der Waals surface area contributed by atoms with Crippen LogP contribution in [-0.4, -0.2) is 62.3 Å². The van der Waals surface area contributed by atoms with E-state index in [0.717, 1.165) is 5.56 Å². The molecule has 1 heterocycles. The summed E-state index contributed by atoms with van der Waals surface area (Å²) < 4.78 is 99.5. The van der Waals surface area contributed by atoms with E-state index in [2.05, 4.69) is 6.58 Å². The van der Waals surface area contributed by atoms with E-state index in [9.17, 15) is 43.7 Å². The number of nitrogens with zero attached hydrogens (tertiary/aromatic N) is 1. The second-order valence-corrected chi connectivity index (χ2v) is 17.5. The van der Waals surface area contributed by atoms with Gasteiger partial charge >= 0.3 is 5.97 Å². The second-order valence-electron chi connectivity index (χ2n) is 13.1. The van der Waals surface area contributed by atoms with Crippen LogP contribution in [-0.2, 0) is 46.0 Å². The molecular weight excluding hydrogens is 707 g/mol. The highest BCUT2D eigenvalue weighted by atomic mass is 32.2. The Balaban J connectivity index is 2.01. The van der Waals surface area contributed by atoms with Crippen LogP contribution in [0.5, 0.6) is 0 Å². The number of benzene rings is 2. The Morgan fingerprint density at radius 2 is 1.50 bits per heavy atom. The Labute approximate surface area is 295 Å². The molecule has 1 aliphatic heterocycles. The molecule has 2 aromatic carbocycles. The van der Waals surface area contributed by atoms with Crippen LogP contribution in [0.1, 0.15) is 76.0 Å². The van der Waals surface area contributed by atoms with Crippen molar-refractivity contribution >= 4 is 42.0 Å². The van der Waals surface area contributed by atoms with Gasteiger partial charge in [0, 0.05) is 35.2 Å². The number of aryl methyl sites for hydroxylation is 1. The molecule has 0 saturated heterocycles. The molecule has 50 heavy (non-hydrogen) atoms. The average molecular weight is 752 g/mol. The molecule has 0 amide bonds. The van der Waals surface area contributed by atoms with Crippen LogP contribution in [0.3, 0.4) is 0 Å². The number of allylic oxidation sites excluding steroid dienone is 7. The smallest absolute Gasteiger partial charge is 0.303 e. The van der Waals surface area contributed by atoms with Crippen molar-refractivity contribution in [3.8, 4) is 0 Å². The van der Waals surface area contributed by atoms with E-state index in [4.69, 9.17) is 5.11 Å². The first-order chi connectivity index (χ1) is 23.0. The number of anilines is 1. The lowest BCUT2D eigenvalue weighted by Crippen LogP contribution is -2.30. The van der Waals surface area contributed by atoms with Crippen molar-refractivity contribution < 1.29 is 48.8 Å². The van der Waals surface area contributed by atoms with E-state index in [1.54, 1.807) is 36.4 Å². The molecule has 1 aliphatic rings. The molecule has 12 nitrogen and oxygen atoms in total. The lowest BCUT2D eigenvalue weighted by molar-refractivity contribution is -0.137. The lowest BCUT2D eigenvalue weighted by atomic mass is 9.76. The topological polar surface area (TPSA) is 204 Å². The quantitative estimate of drug-likeness (QED) is 0.0787. The van der Waals surface area contributed by atoms with E-state index >= 15 is 0 Å². The first-order valence-electron chi connectivity index (χ1n) is 15.9. The molecule has 0 fully saturated rings. The summed E-state index contributed by atoms with van der Waals surface area (Å²) in [5.41, 5.74) is 2.48. The van der Waals surface area contributed by atoms with Gasteiger partial charge in [-0.3, -0.25) is 18.5 Å². The van der Waals surface area contributed by atoms with Gasteiger partial charge < -0.3 is 10.0 Å². The third-order valence-corrected chi connectivity index (χ3v) is 11.6. The van der Waals surface area contributed by atoms with Gasteiger partial charge in [0.2, 0.25) is 0 Å². The second kappa shape index (κ2) is 15.7. The maximum absolute atomic E-state index is 12.1. The molecule has 2 aromatic rings. The van der Waals surface area contributed by atoms with Crippen molar-refractivity contribution in [3.63, 3.8) is 0 Å². The molecule has 1 atom stereocenters. The number of aliphatic carboxylic acids is 1. The summed E-state index contributed by atoms with van der Waals surface area (Å²) in [7, 11) is -13.2. The number of hydrogen-bond donors (Lipinski definition) is 4. The largest absolute Gasteiger partial charge is 0.481 e. The Morgan fingerprint density at radius 3 is 2.10 bits per heavy atom. The molecule has 274 valence electrons. The number of hydrogen-bond acceptors (Lipinski definition) is 8. The number of carboxylic acids is 1. The van der Waals surface area contributed by atoms with Crippen molar-refractivity contribution in [1.29, 1.82) is 0 Å². The van der Waals surface area contributed by atoms with Gasteiger partial charge in [0.05, 0.1) is 15.5 Å². The fourth-order valence-corrected chi connectivity index (χ4v) is 7.74. The standard InChI is InChI=1S/C35H45NO11S3/c1-25-16-17-27(49(42,43)44)23-29(25)34(3,4)26(2)13-8-6-9-14-32-35(5,20-11-7-10-15-33(37)38)30-24-28(50(45,46)47)18-19-31(30)36(32)21-12-22-48(39,40)41/h6,8-9,13-14,16-19,23-24H,2,7,10-12,15,20-22H2,1,3-5H3,(H,37,38)(H,39,40,41)(H,42,43,44)(H,45,46,47)/b9-6+,13-8+,32-14+. The summed E-state index contributed by atoms with van der Waals surface area (Å²) in [6.45, 7) is 11.8. The minimum Gasteiger partial charge on any atom is -0.481 e. The summed E-state index contributed by atoms with van der Waals surface area (Å²) in [5, 5.41) is 9.05. The van der Waals surface area contributed by atoms with Gasteiger partial charge in [-0.15, -0.1) is 0 Å². The first-order valence-corrected chi connectivity index (χ1v) is 20.4. The van der Waals surface area contributed by atoms with Gasteiger partial charge in [0.25, 0.3) is 30.4 Å². The Bertz CT molecular complexity index is 2050. The minimum absolute atomic E-state index is 0.00731. The van der Waals surface area contributed by atoms with Crippen LogP contribution in [0.15, 0.2) is 94.4 Å². The molecular formula is C35H45NO11S3. The zero-order valence-corrected chi connectivity index (χ0v) is 31.0. The van der Waals surface area contributed by atoms with Gasteiger partial charge in [0.15, 0.2) is 0 Å². The third-order valence-electron chi connectivity index (χ3n) is 9.12. The monoisotopic (exact) mass is 751 g/mol. The third kappa shape index (κ3) is 10.2. The summed E-state index contributed by atoms with van der Waals surface area (Å²) in [6, 6.07) is 8.58. The average Bonchev–Trinajstić information content (AvgIpc) is 3.21. The lowest BCUT2D eigenvalue weighted by Gasteiger charge is -2.30. The van der Waals surface area contributed by atoms with Crippen LogP contribution < -0.4 is 4.90 Å². The van der Waals surface area contributed by atoms with E-state index in [1.165, 1.54) is 24.3 Å². The molecule has 15 heteroatoms. The molecule has 0 saturated carbocycles. The van der Waals surface area contributed by atoms with Crippen LogP contribution in [0.4, 0.5) is 5.69 Å². The molecule has 3 rings (SSSR count). The van der Waals surface area contributed by atoms with E-state index < -0.39 is 52.9 Å². The summed E-state index contributed by atoms with van der Waals surface area (Å²) >= 11 is 0. The zero-order valence-electron chi connectivity index (χ0n) is 28.5. The molecule has 0 aliphatic carbocycles.